The van der Waals surface area contributed by atoms with Gasteiger partial charge in [0.15, 0.2) is 11.5 Å². The minimum atomic E-state index is -2.95. The molecule has 1 aromatic carbocycles. The normalized spacial score (nSPS) is 15.3. The third-order valence-corrected chi connectivity index (χ3v) is 4.59. The van der Waals surface area contributed by atoms with Crippen LogP contribution in [0.3, 0.4) is 0 Å². The van der Waals surface area contributed by atoms with Gasteiger partial charge in [-0.1, -0.05) is 6.07 Å². The van der Waals surface area contributed by atoms with Gasteiger partial charge in [-0.15, -0.1) is 0 Å². The van der Waals surface area contributed by atoms with E-state index < -0.39 is 17.4 Å². The Kier molecular flexibility index (Phi) is 6.32. The Morgan fingerprint density at radius 2 is 2.13 bits per heavy atom. The first-order valence-corrected chi connectivity index (χ1v) is 8.70. The molecule has 2 rings (SSSR count). The lowest BCUT2D eigenvalue weighted by Crippen LogP contribution is -2.30. The number of carbonyl (C=O) groups excluding carboxylic acids is 1. The molecule has 1 saturated carbocycles. The highest BCUT2D eigenvalue weighted by Gasteiger charge is 2.22. The summed E-state index contributed by atoms with van der Waals surface area (Å²) >= 11 is 0. The number of halogens is 2. The molecule has 0 aliphatic heterocycles. The van der Waals surface area contributed by atoms with Crippen LogP contribution in [0.15, 0.2) is 18.2 Å². The van der Waals surface area contributed by atoms with E-state index in [1.54, 1.807) is 0 Å². The third-order valence-electron chi connectivity index (χ3n) is 3.35. The minimum absolute atomic E-state index is 0.0790. The highest BCUT2D eigenvalue weighted by molar-refractivity contribution is 7.84. The lowest BCUT2D eigenvalue weighted by molar-refractivity contribution is -0.118. The number of hydrogen-bond donors (Lipinski definition) is 1. The third kappa shape index (κ3) is 6.13. The summed E-state index contributed by atoms with van der Waals surface area (Å²) in [6.45, 7) is -2.30. The maximum atomic E-state index is 12.3. The Labute approximate surface area is 135 Å². The van der Waals surface area contributed by atoms with Crippen LogP contribution in [0.1, 0.15) is 18.4 Å². The van der Waals surface area contributed by atoms with Crippen LogP contribution in [0, 0.1) is 5.92 Å². The zero-order chi connectivity index (χ0) is 16.8. The number of ether oxygens (including phenoxy) is 2. The first-order valence-electron chi connectivity index (χ1n) is 7.21. The standard InChI is InChI=1S/C15H19F2NO4S/c1-21-13-6-11(4-5-12(13)22-15(16)17)8-23(20)9-14(19)18-7-10-2-3-10/h4-6,10,15H,2-3,7-9H2,1H3,(H,18,19). The predicted molar refractivity (Wildman–Crippen MR) is 82.1 cm³/mol. The van der Waals surface area contributed by atoms with E-state index in [4.69, 9.17) is 4.74 Å². The summed E-state index contributed by atoms with van der Waals surface area (Å²) in [7, 11) is -0.0465. The van der Waals surface area contributed by atoms with Gasteiger partial charge in [0.25, 0.3) is 0 Å². The molecule has 0 heterocycles. The first-order chi connectivity index (χ1) is 11.0. The van der Waals surface area contributed by atoms with E-state index >= 15 is 0 Å². The van der Waals surface area contributed by atoms with Crippen molar-refractivity contribution in [1.82, 2.24) is 5.32 Å². The van der Waals surface area contributed by atoms with E-state index in [0.29, 0.717) is 18.0 Å². The highest BCUT2D eigenvalue weighted by Crippen LogP contribution is 2.30. The summed E-state index contributed by atoms with van der Waals surface area (Å²) in [4.78, 5) is 11.6. The van der Waals surface area contributed by atoms with Crippen LogP contribution in [0.4, 0.5) is 8.78 Å². The number of rotatable bonds is 9. The van der Waals surface area contributed by atoms with Gasteiger partial charge in [0.05, 0.1) is 7.11 Å². The number of amides is 1. The van der Waals surface area contributed by atoms with Crippen LogP contribution in [0.5, 0.6) is 11.5 Å². The number of nitrogens with one attached hydrogen (secondary N) is 1. The number of hydrogen-bond acceptors (Lipinski definition) is 4. The predicted octanol–water partition coefficient (Wildman–Crippen LogP) is 2.07. The van der Waals surface area contributed by atoms with Gasteiger partial charge in [0, 0.05) is 23.1 Å². The second kappa shape index (κ2) is 8.24. The van der Waals surface area contributed by atoms with Gasteiger partial charge in [0.2, 0.25) is 5.91 Å². The van der Waals surface area contributed by atoms with E-state index in [0.717, 1.165) is 12.8 Å². The lowest BCUT2D eigenvalue weighted by Gasteiger charge is -2.11. The summed E-state index contributed by atoms with van der Waals surface area (Å²) in [5.41, 5.74) is 0.622. The van der Waals surface area contributed by atoms with Gasteiger partial charge in [-0.25, -0.2) is 0 Å². The molecular weight excluding hydrogens is 328 g/mol. The number of alkyl halides is 2. The van der Waals surface area contributed by atoms with Gasteiger partial charge < -0.3 is 14.8 Å². The molecule has 1 N–H and O–H groups in total. The summed E-state index contributed by atoms with van der Waals surface area (Å²) in [5, 5.41) is 2.75. The Bertz CT molecular complexity index is 579. The van der Waals surface area contributed by atoms with Crippen LogP contribution in [-0.2, 0) is 21.3 Å². The van der Waals surface area contributed by atoms with Crippen LogP contribution in [-0.4, -0.2) is 36.1 Å². The largest absolute Gasteiger partial charge is 0.493 e. The molecule has 0 saturated heterocycles. The Morgan fingerprint density at radius 1 is 1.39 bits per heavy atom. The van der Waals surface area contributed by atoms with Crippen LogP contribution >= 0.6 is 0 Å². The fourth-order valence-electron chi connectivity index (χ4n) is 2.01. The van der Waals surface area contributed by atoms with Crippen LogP contribution in [0.2, 0.25) is 0 Å². The van der Waals surface area contributed by atoms with E-state index in [9.17, 15) is 17.8 Å². The molecule has 1 aliphatic carbocycles. The molecule has 1 aliphatic rings. The zero-order valence-corrected chi connectivity index (χ0v) is 13.5. The van der Waals surface area contributed by atoms with E-state index in [-0.39, 0.29) is 28.9 Å². The monoisotopic (exact) mass is 347 g/mol. The van der Waals surface area contributed by atoms with Crippen molar-refractivity contribution in [3.05, 3.63) is 23.8 Å². The van der Waals surface area contributed by atoms with Crippen molar-refractivity contribution in [1.29, 1.82) is 0 Å². The fourth-order valence-corrected chi connectivity index (χ4v) is 3.06. The van der Waals surface area contributed by atoms with Crippen molar-refractivity contribution in [2.75, 3.05) is 19.4 Å². The number of methoxy groups -OCH3 is 1. The molecule has 5 nitrogen and oxygen atoms in total. The maximum Gasteiger partial charge on any atom is 0.387 e. The Morgan fingerprint density at radius 3 is 2.74 bits per heavy atom. The van der Waals surface area contributed by atoms with Gasteiger partial charge in [0.1, 0.15) is 5.75 Å². The molecule has 0 aromatic heterocycles. The van der Waals surface area contributed by atoms with Crippen molar-refractivity contribution in [2.24, 2.45) is 5.92 Å². The SMILES string of the molecule is COc1cc(CS(=O)CC(=O)NCC2CC2)ccc1OC(F)F. The summed E-state index contributed by atoms with van der Waals surface area (Å²) in [5.74, 6) is 0.447. The molecule has 1 aromatic rings. The van der Waals surface area contributed by atoms with Crippen molar-refractivity contribution < 1.29 is 27.3 Å². The molecule has 0 bridgehead atoms. The van der Waals surface area contributed by atoms with Gasteiger partial charge in [-0.3, -0.25) is 9.00 Å². The molecule has 1 amide bonds. The smallest absolute Gasteiger partial charge is 0.387 e. The first kappa shape index (κ1) is 17.7. The molecule has 128 valence electrons. The second-order valence-corrected chi connectivity index (χ2v) is 6.80. The Balaban J connectivity index is 1.87. The molecule has 0 spiro atoms. The van der Waals surface area contributed by atoms with E-state index in [1.165, 1.54) is 25.3 Å². The number of benzene rings is 1. The van der Waals surface area contributed by atoms with Crippen molar-refractivity contribution in [3.8, 4) is 11.5 Å². The summed E-state index contributed by atoms with van der Waals surface area (Å²) in [6, 6.07) is 4.35. The quantitative estimate of drug-likeness (QED) is 0.743. The summed E-state index contributed by atoms with van der Waals surface area (Å²) < 4.78 is 45.8. The zero-order valence-electron chi connectivity index (χ0n) is 12.7. The van der Waals surface area contributed by atoms with E-state index in [1.807, 2.05) is 0 Å². The van der Waals surface area contributed by atoms with Crippen molar-refractivity contribution in [3.63, 3.8) is 0 Å². The number of carbonyl (C=O) groups is 1. The van der Waals surface area contributed by atoms with Gasteiger partial charge >= 0.3 is 6.61 Å². The topological polar surface area (TPSA) is 64.6 Å². The average molecular weight is 347 g/mol. The highest BCUT2D eigenvalue weighted by atomic mass is 32.2. The van der Waals surface area contributed by atoms with Crippen molar-refractivity contribution in [2.45, 2.75) is 25.2 Å². The molecule has 1 unspecified atom stereocenters. The molecule has 8 heteroatoms. The minimum Gasteiger partial charge on any atom is -0.493 e. The maximum absolute atomic E-state index is 12.3. The van der Waals surface area contributed by atoms with Gasteiger partial charge in [-0.05, 0) is 36.5 Å². The molecule has 0 radical (unpaired) electrons. The molecule has 23 heavy (non-hydrogen) atoms. The second-order valence-electron chi connectivity index (χ2n) is 5.34. The van der Waals surface area contributed by atoms with Crippen LogP contribution < -0.4 is 14.8 Å². The molecule has 1 atom stereocenters. The molecular formula is C15H19F2NO4S. The average Bonchev–Trinajstić information content (AvgIpc) is 3.30. The lowest BCUT2D eigenvalue weighted by atomic mass is 10.2. The van der Waals surface area contributed by atoms with Crippen molar-refractivity contribution >= 4 is 16.7 Å². The van der Waals surface area contributed by atoms with Gasteiger partial charge in [-0.2, -0.15) is 8.78 Å². The van der Waals surface area contributed by atoms with E-state index in [2.05, 4.69) is 10.1 Å². The fraction of sp³-hybridized carbons (Fsp3) is 0.533. The molecule has 1 fully saturated rings. The van der Waals surface area contributed by atoms with Crippen LogP contribution in [0.25, 0.3) is 0 Å². The summed E-state index contributed by atoms with van der Waals surface area (Å²) in [6.07, 6.45) is 2.27. The Hall–Kier alpha value is -1.70.